The predicted molar refractivity (Wildman–Crippen MR) is 218 cm³/mol. The Hall–Kier alpha value is -4.94. The average Bonchev–Trinajstić information content (AvgIpc) is 4.02. The lowest BCUT2D eigenvalue weighted by atomic mass is 9.78. The van der Waals surface area contributed by atoms with Crippen LogP contribution < -0.4 is 32.5 Å². The highest BCUT2D eigenvalue weighted by molar-refractivity contribution is 6.37. The maximum Gasteiger partial charge on any atom is 0.407 e. The standard InChI is InChI=1S/C42H62N10O8/c1-42(2,59)35-23-46-50-52(35)30-21-34(39(56)47-31(36(53)37(43)54)15-9-10-18-44-41(58)60-25-27-13-7-4-8-14-27)51(24-30)40(57)33(19-26-11-5-3-6-12-26)48-38(55)28-16-17-29-22-45-49-32(29)20-28/h4,7-8,13-14,23,26,28-34,45,49,59H,3,5-6,9-12,15-22,24-25H2,1-2H3,(H2,43,54)(H,44,58)(H,47,56)(H,48,55)/t28?,29?,30-,31?,32?,33+,34-/m0/s1. The number of nitrogens with zero attached hydrogens (tertiary/aromatic N) is 4. The Morgan fingerprint density at radius 2 is 1.72 bits per heavy atom. The summed E-state index contributed by atoms with van der Waals surface area (Å²) in [4.78, 5) is 82.2. The number of benzene rings is 1. The van der Waals surface area contributed by atoms with Crippen molar-refractivity contribution in [2.75, 3.05) is 19.6 Å². The molecule has 0 spiro atoms. The van der Waals surface area contributed by atoms with Crippen molar-refractivity contribution in [3.63, 3.8) is 0 Å². The first-order valence-electron chi connectivity index (χ1n) is 21.6. The van der Waals surface area contributed by atoms with Crippen molar-refractivity contribution in [3.05, 3.63) is 47.8 Å². The number of hydrogen-bond acceptors (Lipinski definition) is 12. The number of hydrazine groups is 1. The minimum atomic E-state index is -1.34. The summed E-state index contributed by atoms with van der Waals surface area (Å²) < 4.78 is 6.77. The molecule has 2 aliphatic carbocycles. The molecule has 2 aromatic rings. The number of unbranched alkanes of at least 4 members (excludes halogenated alkanes) is 1. The van der Waals surface area contributed by atoms with Crippen molar-refractivity contribution >= 4 is 35.5 Å². The maximum atomic E-state index is 14.9. The number of aliphatic hydroxyl groups is 1. The molecule has 0 bridgehead atoms. The number of amides is 5. The van der Waals surface area contributed by atoms with Crippen molar-refractivity contribution in [1.29, 1.82) is 0 Å². The monoisotopic (exact) mass is 834 g/mol. The molecular weight excluding hydrogens is 773 g/mol. The quantitative estimate of drug-likeness (QED) is 0.0837. The summed E-state index contributed by atoms with van der Waals surface area (Å²) in [5.41, 5.74) is 11.8. The van der Waals surface area contributed by atoms with Gasteiger partial charge in [-0.05, 0) is 76.2 Å². The number of nitrogens with one attached hydrogen (secondary N) is 5. The van der Waals surface area contributed by atoms with Crippen LogP contribution in [0.15, 0.2) is 36.5 Å². The summed E-state index contributed by atoms with van der Waals surface area (Å²) in [5, 5.41) is 27.7. The first-order valence-corrected chi connectivity index (χ1v) is 21.6. The Morgan fingerprint density at radius 1 is 0.967 bits per heavy atom. The van der Waals surface area contributed by atoms with E-state index in [4.69, 9.17) is 10.5 Å². The third kappa shape index (κ3) is 11.7. The van der Waals surface area contributed by atoms with E-state index < -0.39 is 59.4 Å². The number of carbonyl (C=O) groups excluding carboxylic acids is 6. The number of alkyl carbamates (subject to hydrolysis) is 1. The van der Waals surface area contributed by atoms with Crippen LogP contribution in [0.5, 0.6) is 0 Å². The van der Waals surface area contributed by atoms with Gasteiger partial charge in [0.2, 0.25) is 23.5 Å². The van der Waals surface area contributed by atoms with Crippen LogP contribution in [0.3, 0.4) is 0 Å². The lowest BCUT2D eigenvalue weighted by molar-refractivity contribution is -0.143. The van der Waals surface area contributed by atoms with Crippen LogP contribution in [0.1, 0.15) is 115 Å². The second-order valence-corrected chi connectivity index (χ2v) is 17.5. The fourth-order valence-electron chi connectivity index (χ4n) is 9.26. The fourth-order valence-corrected chi connectivity index (χ4v) is 9.26. The van der Waals surface area contributed by atoms with Gasteiger partial charge < -0.3 is 36.4 Å². The van der Waals surface area contributed by atoms with Crippen LogP contribution in [-0.4, -0.2) is 104 Å². The van der Waals surface area contributed by atoms with E-state index in [0.717, 1.165) is 50.6 Å². The van der Waals surface area contributed by atoms with E-state index in [1.807, 2.05) is 30.3 Å². The smallest absolute Gasteiger partial charge is 0.407 e. The highest BCUT2D eigenvalue weighted by Gasteiger charge is 2.46. The van der Waals surface area contributed by atoms with Crippen LogP contribution in [0.25, 0.3) is 0 Å². The molecule has 4 fully saturated rings. The van der Waals surface area contributed by atoms with Gasteiger partial charge in [-0.3, -0.25) is 34.8 Å². The van der Waals surface area contributed by atoms with Gasteiger partial charge >= 0.3 is 6.09 Å². The zero-order valence-corrected chi connectivity index (χ0v) is 34.8. The van der Waals surface area contributed by atoms with Crippen molar-refractivity contribution in [2.45, 2.75) is 140 Å². The number of primary amides is 1. The van der Waals surface area contributed by atoms with Crippen LogP contribution in [0.4, 0.5) is 4.79 Å². The van der Waals surface area contributed by atoms with Gasteiger partial charge in [0.05, 0.1) is 24.0 Å². The van der Waals surface area contributed by atoms with Gasteiger partial charge in [0.1, 0.15) is 24.3 Å². The highest BCUT2D eigenvalue weighted by Crippen LogP contribution is 2.35. The number of likely N-dealkylation sites (tertiary alicyclic amines) is 1. The normalized spacial score (nSPS) is 24.2. The van der Waals surface area contributed by atoms with E-state index in [0.29, 0.717) is 43.7 Å². The average molecular weight is 835 g/mol. The van der Waals surface area contributed by atoms with Gasteiger partial charge in [0, 0.05) is 38.0 Å². The van der Waals surface area contributed by atoms with E-state index in [9.17, 15) is 33.9 Å². The van der Waals surface area contributed by atoms with Crippen LogP contribution in [-0.2, 0) is 40.9 Å². The minimum Gasteiger partial charge on any atom is -0.445 e. The molecule has 1 aromatic heterocycles. The number of hydrogen-bond donors (Lipinski definition) is 7. The van der Waals surface area contributed by atoms with Crippen LogP contribution in [0.2, 0.25) is 0 Å². The molecule has 60 heavy (non-hydrogen) atoms. The number of aromatic nitrogens is 3. The van der Waals surface area contributed by atoms with Crippen molar-refractivity contribution in [1.82, 2.24) is 46.7 Å². The Balaban J connectivity index is 1.16. The zero-order valence-electron chi connectivity index (χ0n) is 34.8. The molecular formula is C42H62N10O8. The number of rotatable bonds is 18. The van der Waals surface area contributed by atoms with Crippen LogP contribution in [0, 0.1) is 17.8 Å². The number of nitrogens with two attached hydrogens (primary N) is 1. The topological polar surface area (TPSA) is 252 Å². The molecule has 5 amide bonds. The van der Waals surface area contributed by atoms with Gasteiger partial charge in [-0.2, -0.15) is 0 Å². The second kappa shape index (κ2) is 20.5. The first-order chi connectivity index (χ1) is 28.8. The van der Waals surface area contributed by atoms with Gasteiger partial charge in [0.25, 0.3) is 5.91 Å². The fraction of sp³-hybridized carbons (Fsp3) is 0.667. The van der Waals surface area contributed by atoms with E-state index in [1.54, 1.807) is 13.8 Å². The van der Waals surface area contributed by atoms with Crippen molar-refractivity contribution in [3.8, 4) is 0 Å². The summed E-state index contributed by atoms with van der Waals surface area (Å²) in [6, 6.07) is 5.50. The van der Waals surface area contributed by atoms with Gasteiger partial charge in [-0.1, -0.05) is 67.6 Å². The van der Waals surface area contributed by atoms with Gasteiger partial charge in [-0.25, -0.2) is 9.48 Å². The maximum absolute atomic E-state index is 14.9. The summed E-state index contributed by atoms with van der Waals surface area (Å²) in [5.74, 6) is -3.08. The number of ether oxygens (including phenoxy) is 1. The van der Waals surface area contributed by atoms with Gasteiger partial charge in [0.15, 0.2) is 0 Å². The Morgan fingerprint density at radius 3 is 2.45 bits per heavy atom. The third-order valence-electron chi connectivity index (χ3n) is 12.6. The second-order valence-electron chi connectivity index (χ2n) is 17.5. The number of carbonyl (C=O) groups is 6. The molecule has 2 aliphatic heterocycles. The lowest BCUT2D eigenvalue weighted by Gasteiger charge is -2.34. The van der Waals surface area contributed by atoms with E-state index >= 15 is 0 Å². The summed E-state index contributed by atoms with van der Waals surface area (Å²) in [6.07, 6.45) is 9.42. The molecule has 6 rings (SSSR count). The van der Waals surface area contributed by atoms with Crippen molar-refractivity contribution in [2.24, 2.45) is 23.5 Å². The Labute approximate surface area is 350 Å². The largest absolute Gasteiger partial charge is 0.445 e. The molecule has 2 saturated carbocycles. The molecule has 2 saturated heterocycles. The number of Topliss-reactive ketones (excluding diaryl/α,β-unsaturated/α-hetero) is 1. The van der Waals surface area contributed by atoms with E-state index in [1.165, 1.54) is 15.8 Å². The Bertz CT molecular complexity index is 1810. The third-order valence-corrected chi connectivity index (χ3v) is 12.6. The molecule has 18 nitrogen and oxygen atoms in total. The van der Waals surface area contributed by atoms with Crippen LogP contribution >= 0.6 is 0 Å². The number of fused-ring (bicyclic) bond motifs is 1. The number of ketones is 1. The molecule has 4 unspecified atom stereocenters. The summed E-state index contributed by atoms with van der Waals surface area (Å²) >= 11 is 0. The molecule has 1 aromatic carbocycles. The molecule has 328 valence electrons. The summed E-state index contributed by atoms with van der Waals surface area (Å²) in [6.45, 7) is 4.38. The molecule has 4 aliphatic rings. The van der Waals surface area contributed by atoms with E-state index in [-0.39, 0.29) is 56.3 Å². The summed E-state index contributed by atoms with van der Waals surface area (Å²) in [7, 11) is 0. The molecule has 3 heterocycles. The van der Waals surface area contributed by atoms with E-state index in [2.05, 4.69) is 37.1 Å². The molecule has 0 radical (unpaired) electrons. The highest BCUT2D eigenvalue weighted by atomic mass is 16.5. The predicted octanol–water partition coefficient (Wildman–Crippen LogP) is 1.63. The Kier molecular flexibility index (Phi) is 15.3. The van der Waals surface area contributed by atoms with Crippen molar-refractivity contribution < 1.29 is 38.6 Å². The zero-order chi connectivity index (χ0) is 42.8. The lowest BCUT2D eigenvalue weighted by Crippen LogP contribution is -2.57. The molecule has 8 N–H and O–H groups in total. The molecule has 18 heteroatoms. The minimum absolute atomic E-state index is 0.0175. The molecule has 7 atom stereocenters. The first kappa shape index (κ1) is 44.6. The van der Waals surface area contributed by atoms with Gasteiger partial charge in [-0.15, -0.1) is 5.10 Å². The SMILES string of the molecule is CC(C)(O)c1cnnn1[C@H]1C[C@@H](C(=O)NC(CCCCNC(=O)OCc2ccccc2)C(=O)C(N)=O)N(C(=O)[C@@H](CC2CCCCC2)NC(=O)C2CCC3CNNC3C2)C1.